The number of carbonyl (C=O) groups is 3. The van der Waals surface area contributed by atoms with Crippen LogP contribution in [0.25, 0.3) is 11.1 Å². The molecule has 1 aliphatic rings. The maximum absolute atomic E-state index is 13.5. The maximum atomic E-state index is 13.5. The van der Waals surface area contributed by atoms with E-state index in [-0.39, 0.29) is 17.9 Å². The van der Waals surface area contributed by atoms with E-state index in [9.17, 15) is 28.3 Å². The van der Waals surface area contributed by atoms with E-state index in [1.807, 2.05) is 36.4 Å². The van der Waals surface area contributed by atoms with E-state index in [2.05, 4.69) is 5.32 Å². The third-order valence-corrected chi connectivity index (χ3v) is 6.15. The van der Waals surface area contributed by atoms with Gasteiger partial charge in [0, 0.05) is 31.0 Å². The number of halogens is 2. The number of ketones is 1. The van der Waals surface area contributed by atoms with Gasteiger partial charge < -0.3 is 15.3 Å². The molecule has 0 radical (unpaired) electrons. The summed E-state index contributed by atoms with van der Waals surface area (Å²) in [5.74, 6) is -4.43. The zero-order valence-electron chi connectivity index (χ0n) is 19.2. The van der Waals surface area contributed by atoms with Crippen LogP contribution < -0.4 is 10.2 Å². The number of hydrogen-bond donors (Lipinski definition) is 2. The first kappa shape index (κ1) is 24.2. The van der Waals surface area contributed by atoms with Crippen molar-refractivity contribution in [1.82, 2.24) is 5.32 Å². The van der Waals surface area contributed by atoms with Crippen molar-refractivity contribution in [2.24, 2.45) is 5.92 Å². The van der Waals surface area contributed by atoms with Crippen LogP contribution in [-0.4, -0.2) is 29.8 Å². The Bertz CT molecular complexity index is 1290. The van der Waals surface area contributed by atoms with Crippen LogP contribution in [0.5, 0.6) is 0 Å². The first-order valence-electron chi connectivity index (χ1n) is 11.1. The van der Waals surface area contributed by atoms with E-state index >= 15 is 0 Å². The Morgan fingerprint density at radius 3 is 2.29 bits per heavy atom. The number of benzene rings is 3. The number of hydrogen-bond acceptors (Lipinski definition) is 4. The Labute approximate surface area is 201 Å². The summed E-state index contributed by atoms with van der Waals surface area (Å²) in [5.41, 5.74) is 2.75. The van der Waals surface area contributed by atoms with Crippen molar-refractivity contribution in [3.05, 3.63) is 89.5 Å². The van der Waals surface area contributed by atoms with Crippen LogP contribution in [0.1, 0.15) is 36.6 Å². The minimum absolute atomic E-state index is 0.229. The molecule has 3 aromatic rings. The molecule has 1 heterocycles. The molecule has 180 valence electrons. The normalized spacial score (nSPS) is 16.5. The Kier molecular flexibility index (Phi) is 6.75. The van der Waals surface area contributed by atoms with Gasteiger partial charge in [-0.2, -0.15) is 0 Å². The van der Waals surface area contributed by atoms with Crippen molar-refractivity contribution >= 4 is 23.3 Å². The quantitative estimate of drug-likeness (QED) is 0.559. The van der Waals surface area contributed by atoms with Crippen LogP contribution in [-0.2, 0) is 14.4 Å². The molecule has 0 aliphatic carbocycles. The van der Waals surface area contributed by atoms with Gasteiger partial charge in [0.25, 0.3) is 5.91 Å². The van der Waals surface area contributed by atoms with Crippen molar-refractivity contribution in [3.8, 4) is 11.1 Å². The second kappa shape index (κ2) is 9.76. The van der Waals surface area contributed by atoms with E-state index in [0.29, 0.717) is 17.3 Å². The lowest BCUT2D eigenvalue weighted by Crippen LogP contribution is -2.43. The molecule has 35 heavy (non-hydrogen) atoms. The first-order chi connectivity index (χ1) is 16.7. The summed E-state index contributed by atoms with van der Waals surface area (Å²) in [7, 11) is 1.63. The number of Topliss-reactive ketones (excluding diaryl/α,β-unsaturated/α-hetero) is 1. The van der Waals surface area contributed by atoms with Gasteiger partial charge in [-0.3, -0.25) is 14.4 Å². The Morgan fingerprint density at radius 1 is 1.00 bits per heavy atom. The van der Waals surface area contributed by atoms with Crippen LogP contribution in [0.3, 0.4) is 0 Å². The number of rotatable bonds is 6. The predicted octanol–water partition coefficient (Wildman–Crippen LogP) is 4.09. The molecule has 0 fully saturated rings. The van der Waals surface area contributed by atoms with Gasteiger partial charge in [0.05, 0.1) is 5.69 Å². The summed E-state index contributed by atoms with van der Waals surface area (Å²) in [4.78, 5) is 40.4. The van der Waals surface area contributed by atoms with Crippen LogP contribution >= 0.6 is 0 Å². The summed E-state index contributed by atoms with van der Waals surface area (Å²) < 4.78 is 26.9. The lowest BCUT2D eigenvalue weighted by molar-refractivity contribution is -0.134. The van der Waals surface area contributed by atoms with Gasteiger partial charge >= 0.3 is 0 Å². The number of nitrogens with zero attached hydrogens (tertiary/aromatic N) is 1. The molecule has 2 N–H and O–H groups in total. The van der Waals surface area contributed by atoms with Crippen molar-refractivity contribution in [2.45, 2.75) is 25.5 Å². The zero-order chi connectivity index (χ0) is 25.3. The first-order valence-corrected chi connectivity index (χ1v) is 11.1. The number of para-hydroxylation sites is 1. The summed E-state index contributed by atoms with van der Waals surface area (Å²) in [6.07, 6.45) is -2.17. The summed E-state index contributed by atoms with van der Waals surface area (Å²) in [5, 5.41) is 13.0. The number of aliphatic hydroxyl groups is 1. The molecule has 1 aliphatic heterocycles. The number of anilines is 1. The van der Waals surface area contributed by atoms with Gasteiger partial charge in [-0.15, -0.1) is 0 Å². The molecule has 0 spiro atoms. The fraction of sp³-hybridized carbons (Fsp3) is 0.222. The monoisotopic (exact) mass is 478 g/mol. The van der Waals surface area contributed by atoms with Crippen molar-refractivity contribution in [3.63, 3.8) is 0 Å². The number of amides is 2. The lowest BCUT2D eigenvalue weighted by Gasteiger charge is -2.24. The fourth-order valence-electron chi connectivity index (χ4n) is 4.28. The molecule has 8 heteroatoms. The van der Waals surface area contributed by atoms with Gasteiger partial charge in [-0.05, 0) is 34.9 Å². The molecule has 0 unspecified atom stereocenters. The minimum atomic E-state index is -1.78. The number of fused-ring (bicyclic) bond motifs is 3. The predicted molar refractivity (Wildman–Crippen MR) is 126 cm³/mol. The molecule has 6 nitrogen and oxygen atoms in total. The highest BCUT2D eigenvalue weighted by Gasteiger charge is 2.34. The van der Waals surface area contributed by atoms with E-state index in [4.69, 9.17) is 0 Å². The molecule has 0 saturated heterocycles. The molecule has 0 saturated carbocycles. The number of likely N-dealkylation sites (N-methyl/N-ethyl adjacent to an activating group) is 1. The van der Waals surface area contributed by atoms with E-state index in [0.717, 1.165) is 23.3 Å². The van der Waals surface area contributed by atoms with Crippen LogP contribution in [0.2, 0.25) is 0 Å². The van der Waals surface area contributed by atoms with Gasteiger partial charge in [0.2, 0.25) is 5.91 Å². The van der Waals surface area contributed by atoms with Gasteiger partial charge in [-0.25, -0.2) is 8.78 Å². The Morgan fingerprint density at radius 2 is 1.60 bits per heavy atom. The Balaban J connectivity index is 1.54. The van der Waals surface area contributed by atoms with E-state index in [1.54, 1.807) is 19.2 Å². The standard InChI is InChI=1S/C27H24F2N2O4/c1-15(11-23(32)25(33)16-12-17(28)14-18(29)13-16)26(34)30-24-21-9-4-3-7-19(21)20-8-5-6-10-22(20)31(2)27(24)35/h3-10,12-15,24-25,33H,11H2,1-2H3,(H,30,34)/t15-,24+,25+/m1/s1. The summed E-state index contributed by atoms with van der Waals surface area (Å²) >= 11 is 0. The van der Waals surface area contributed by atoms with Crippen molar-refractivity contribution in [2.75, 3.05) is 11.9 Å². The van der Waals surface area contributed by atoms with Gasteiger partial charge in [0.1, 0.15) is 23.8 Å². The number of aliphatic hydroxyl groups excluding tert-OH is 1. The molecule has 0 aromatic heterocycles. The molecule has 3 aromatic carbocycles. The highest BCUT2D eigenvalue weighted by atomic mass is 19.1. The highest BCUT2D eigenvalue weighted by Crippen LogP contribution is 2.39. The van der Waals surface area contributed by atoms with Crippen LogP contribution in [0.15, 0.2) is 66.7 Å². The summed E-state index contributed by atoms with van der Waals surface area (Å²) in [6.45, 7) is 1.48. The van der Waals surface area contributed by atoms with Gasteiger partial charge in [0.15, 0.2) is 5.78 Å². The molecule has 2 amide bonds. The smallest absolute Gasteiger partial charge is 0.253 e. The average Bonchev–Trinajstić information content (AvgIpc) is 2.92. The maximum Gasteiger partial charge on any atom is 0.253 e. The second-order valence-electron chi connectivity index (χ2n) is 8.62. The molecule has 0 bridgehead atoms. The third kappa shape index (κ3) is 4.83. The van der Waals surface area contributed by atoms with Crippen LogP contribution in [0.4, 0.5) is 14.5 Å². The minimum Gasteiger partial charge on any atom is -0.381 e. The average molecular weight is 478 g/mol. The largest absolute Gasteiger partial charge is 0.381 e. The molecular formula is C27H24F2N2O4. The number of carbonyl (C=O) groups excluding carboxylic acids is 3. The van der Waals surface area contributed by atoms with Crippen LogP contribution in [0, 0.1) is 17.6 Å². The zero-order valence-corrected chi connectivity index (χ0v) is 19.2. The SMILES string of the molecule is C[C@H](CC(=O)[C@@H](O)c1cc(F)cc(F)c1)C(=O)N[C@@H]1C(=O)N(C)c2ccccc2-c2ccccc21. The van der Waals surface area contributed by atoms with Crippen molar-refractivity contribution < 1.29 is 28.3 Å². The second-order valence-corrected chi connectivity index (χ2v) is 8.62. The van der Waals surface area contributed by atoms with E-state index < -0.39 is 41.4 Å². The van der Waals surface area contributed by atoms with Gasteiger partial charge in [-0.1, -0.05) is 49.4 Å². The highest BCUT2D eigenvalue weighted by molar-refractivity contribution is 6.06. The van der Waals surface area contributed by atoms with E-state index in [1.165, 1.54) is 11.8 Å². The molecule has 3 atom stereocenters. The lowest BCUT2D eigenvalue weighted by atomic mass is 9.94. The van der Waals surface area contributed by atoms with Crippen molar-refractivity contribution in [1.29, 1.82) is 0 Å². The fourth-order valence-corrected chi connectivity index (χ4v) is 4.28. The Hall–Kier alpha value is -3.91. The summed E-state index contributed by atoms with van der Waals surface area (Å²) in [6, 6.07) is 16.1. The molecule has 4 rings (SSSR count). The molecular weight excluding hydrogens is 454 g/mol. The number of nitrogens with one attached hydrogen (secondary N) is 1. The topological polar surface area (TPSA) is 86.7 Å². The third-order valence-electron chi connectivity index (χ3n) is 6.15.